The molecule has 1 aromatic rings. The second-order valence-electron chi connectivity index (χ2n) is 7.51. The number of carbonyl (C=O) groups is 3. The summed E-state index contributed by atoms with van der Waals surface area (Å²) in [5.41, 5.74) is -0.964. The Morgan fingerprint density at radius 1 is 1.16 bits per heavy atom. The molecule has 1 atom stereocenters. The fourth-order valence-corrected chi connectivity index (χ4v) is 1.76. The van der Waals surface area contributed by atoms with E-state index >= 15 is 0 Å². The molecule has 140 valence electrons. The molecule has 1 heterocycles. The Hall–Kier alpha value is -2.58. The molecule has 0 radical (unpaired) electrons. The first-order valence-corrected chi connectivity index (χ1v) is 7.76. The average Bonchev–Trinajstić information content (AvgIpc) is 2.82. The Kier molecular flexibility index (Phi) is 6.17. The van der Waals surface area contributed by atoms with Crippen molar-refractivity contribution in [3.63, 3.8) is 0 Å². The smallest absolute Gasteiger partial charge is 0.435 e. The highest BCUT2D eigenvalue weighted by Gasteiger charge is 2.25. The van der Waals surface area contributed by atoms with Crippen LogP contribution in [0.5, 0.6) is 0 Å². The van der Waals surface area contributed by atoms with E-state index in [1.54, 1.807) is 41.5 Å². The van der Waals surface area contributed by atoms with Gasteiger partial charge in [0.15, 0.2) is 0 Å². The van der Waals surface area contributed by atoms with E-state index in [9.17, 15) is 19.5 Å². The third-order valence-corrected chi connectivity index (χ3v) is 2.65. The van der Waals surface area contributed by atoms with E-state index in [1.807, 2.05) is 0 Å². The summed E-state index contributed by atoms with van der Waals surface area (Å²) >= 11 is 0. The molecule has 0 fully saturated rings. The van der Waals surface area contributed by atoms with Crippen LogP contribution in [0.3, 0.4) is 0 Å². The number of carboxylic acids is 1. The number of rotatable bonds is 4. The molecule has 1 aromatic heterocycles. The minimum Gasteiger partial charge on any atom is -0.480 e. The van der Waals surface area contributed by atoms with Crippen molar-refractivity contribution in [2.24, 2.45) is 0 Å². The molecular weight excluding hydrogens is 330 g/mol. The molecule has 1 amide bonds. The molecule has 0 spiro atoms. The number of aliphatic carboxylic acids is 1. The summed E-state index contributed by atoms with van der Waals surface area (Å²) in [5, 5.41) is 15.4. The van der Waals surface area contributed by atoms with Gasteiger partial charge in [0.2, 0.25) is 0 Å². The first kappa shape index (κ1) is 20.5. The monoisotopic (exact) mass is 355 g/mol. The van der Waals surface area contributed by atoms with Crippen molar-refractivity contribution >= 4 is 18.2 Å². The minimum absolute atomic E-state index is 0.0582. The number of carbonyl (C=O) groups excluding carboxylic acids is 2. The fraction of sp³-hybridized carbons (Fsp3) is 0.625. The number of nitrogens with one attached hydrogen (secondary N) is 1. The van der Waals surface area contributed by atoms with Gasteiger partial charge in [-0.1, -0.05) is 0 Å². The number of hydrogen-bond acceptors (Lipinski definition) is 6. The quantitative estimate of drug-likeness (QED) is 0.849. The summed E-state index contributed by atoms with van der Waals surface area (Å²) in [4.78, 5) is 35.0. The minimum atomic E-state index is -1.23. The average molecular weight is 355 g/mol. The molecule has 9 heteroatoms. The van der Waals surface area contributed by atoms with E-state index in [4.69, 9.17) is 9.47 Å². The molecule has 25 heavy (non-hydrogen) atoms. The molecule has 0 bridgehead atoms. The SMILES string of the molecule is CC(C)(C)OC(=O)N[C@H](Cc1cnn(C(=O)OC(C)(C)C)c1)C(=O)O. The molecule has 0 aromatic carbocycles. The fourth-order valence-electron chi connectivity index (χ4n) is 1.76. The Bertz CT molecular complexity index is 639. The van der Waals surface area contributed by atoms with Gasteiger partial charge in [0.05, 0.1) is 6.20 Å². The predicted molar refractivity (Wildman–Crippen MR) is 88.4 cm³/mol. The van der Waals surface area contributed by atoms with Crippen LogP contribution in [0, 0.1) is 0 Å². The third kappa shape index (κ3) is 7.69. The molecule has 0 aliphatic rings. The largest absolute Gasteiger partial charge is 0.480 e. The normalized spacial score (nSPS) is 13.0. The van der Waals surface area contributed by atoms with Crippen molar-refractivity contribution in [3.8, 4) is 0 Å². The van der Waals surface area contributed by atoms with Crippen molar-refractivity contribution in [2.45, 2.75) is 65.2 Å². The molecule has 0 saturated carbocycles. The zero-order chi connectivity index (χ0) is 19.4. The number of amides is 1. The predicted octanol–water partition coefficient (Wildman–Crippen LogP) is 2.19. The van der Waals surface area contributed by atoms with Gasteiger partial charge in [-0.05, 0) is 47.1 Å². The maximum Gasteiger partial charge on any atom is 0.435 e. The van der Waals surface area contributed by atoms with Gasteiger partial charge in [-0.2, -0.15) is 9.78 Å². The Morgan fingerprint density at radius 2 is 1.72 bits per heavy atom. The molecule has 0 unspecified atom stereocenters. The van der Waals surface area contributed by atoms with Crippen LogP contribution in [-0.4, -0.2) is 50.3 Å². The highest BCUT2D eigenvalue weighted by atomic mass is 16.6. The second-order valence-corrected chi connectivity index (χ2v) is 7.51. The van der Waals surface area contributed by atoms with Gasteiger partial charge in [-0.25, -0.2) is 14.4 Å². The van der Waals surface area contributed by atoms with E-state index < -0.39 is 35.4 Å². The van der Waals surface area contributed by atoms with Crippen LogP contribution < -0.4 is 5.32 Å². The number of carboxylic acid groups (broad SMARTS) is 1. The van der Waals surface area contributed by atoms with Crippen LogP contribution in [0.4, 0.5) is 9.59 Å². The summed E-state index contributed by atoms with van der Waals surface area (Å²) in [6, 6.07) is -1.22. The van der Waals surface area contributed by atoms with Crippen LogP contribution in [-0.2, 0) is 20.7 Å². The standard InChI is InChI=1S/C16H25N3O6/c1-15(2,3)24-13(22)18-11(12(20)21)7-10-8-17-19(9-10)14(23)25-16(4,5)6/h8-9,11H,7H2,1-6H3,(H,18,22)(H,20,21)/t11-/m1/s1. The van der Waals surface area contributed by atoms with Crippen LogP contribution in [0.25, 0.3) is 0 Å². The lowest BCUT2D eigenvalue weighted by atomic mass is 10.1. The Morgan fingerprint density at radius 3 is 2.20 bits per heavy atom. The van der Waals surface area contributed by atoms with Gasteiger partial charge in [-0.3, -0.25) is 0 Å². The second kappa shape index (κ2) is 7.54. The molecule has 0 saturated heterocycles. The van der Waals surface area contributed by atoms with E-state index in [-0.39, 0.29) is 6.42 Å². The Labute approximate surface area is 146 Å². The number of alkyl carbamates (subject to hydrolysis) is 1. The van der Waals surface area contributed by atoms with Crippen LogP contribution >= 0.6 is 0 Å². The zero-order valence-corrected chi connectivity index (χ0v) is 15.3. The van der Waals surface area contributed by atoms with E-state index in [0.717, 1.165) is 4.68 Å². The van der Waals surface area contributed by atoms with Gasteiger partial charge >= 0.3 is 18.2 Å². The van der Waals surface area contributed by atoms with E-state index in [1.165, 1.54) is 12.4 Å². The van der Waals surface area contributed by atoms with Crippen molar-refractivity contribution in [2.75, 3.05) is 0 Å². The molecular formula is C16H25N3O6. The van der Waals surface area contributed by atoms with Crippen molar-refractivity contribution in [1.29, 1.82) is 0 Å². The van der Waals surface area contributed by atoms with E-state index in [2.05, 4.69) is 10.4 Å². The molecule has 0 aliphatic carbocycles. The lowest BCUT2D eigenvalue weighted by Gasteiger charge is -2.21. The van der Waals surface area contributed by atoms with Crippen LogP contribution in [0.1, 0.15) is 47.1 Å². The Balaban J connectivity index is 2.76. The summed E-state index contributed by atoms with van der Waals surface area (Å²) < 4.78 is 11.2. The number of nitrogens with zero attached hydrogens (tertiary/aromatic N) is 2. The first-order chi connectivity index (χ1) is 11.3. The molecule has 9 nitrogen and oxygen atoms in total. The topological polar surface area (TPSA) is 120 Å². The highest BCUT2D eigenvalue weighted by molar-refractivity contribution is 5.80. The zero-order valence-electron chi connectivity index (χ0n) is 15.3. The highest BCUT2D eigenvalue weighted by Crippen LogP contribution is 2.11. The number of ether oxygens (including phenoxy) is 2. The third-order valence-electron chi connectivity index (χ3n) is 2.65. The lowest BCUT2D eigenvalue weighted by Crippen LogP contribution is -2.44. The van der Waals surface area contributed by atoms with Gasteiger partial charge in [-0.15, -0.1) is 0 Å². The summed E-state index contributed by atoms with van der Waals surface area (Å²) in [7, 11) is 0. The summed E-state index contributed by atoms with van der Waals surface area (Å²) in [6.07, 6.45) is 1.14. The van der Waals surface area contributed by atoms with Crippen molar-refractivity contribution in [3.05, 3.63) is 18.0 Å². The van der Waals surface area contributed by atoms with Gasteiger partial charge in [0.1, 0.15) is 17.2 Å². The van der Waals surface area contributed by atoms with Gasteiger partial charge in [0.25, 0.3) is 0 Å². The van der Waals surface area contributed by atoms with Gasteiger partial charge < -0.3 is 19.9 Å². The maximum absolute atomic E-state index is 11.9. The maximum atomic E-state index is 11.9. The van der Waals surface area contributed by atoms with Gasteiger partial charge in [0, 0.05) is 12.6 Å². The van der Waals surface area contributed by atoms with Crippen molar-refractivity contribution < 1.29 is 29.0 Å². The molecule has 2 N–H and O–H groups in total. The van der Waals surface area contributed by atoms with Crippen LogP contribution in [0.15, 0.2) is 12.4 Å². The molecule has 1 rings (SSSR count). The number of hydrogen-bond donors (Lipinski definition) is 2. The first-order valence-electron chi connectivity index (χ1n) is 7.76. The summed E-state index contributed by atoms with van der Waals surface area (Å²) in [6.45, 7) is 10.2. The van der Waals surface area contributed by atoms with Crippen molar-refractivity contribution in [1.82, 2.24) is 15.1 Å². The number of aromatic nitrogens is 2. The van der Waals surface area contributed by atoms with E-state index in [0.29, 0.717) is 5.56 Å². The summed E-state index contributed by atoms with van der Waals surface area (Å²) in [5.74, 6) is -1.23. The lowest BCUT2D eigenvalue weighted by molar-refractivity contribution is -0.139. The van der Waals surface area contributed by atoms with Crippen LogP contribution in [0.2, 0.25) is 0 Å². The molecule has 0 aliphatic heterocycles.